The van der Waals surface area contributed by atoms with Crippen molar-refractivity contribution in [1.29, 1.82) is 0 Å². The predicted molar refractivity (Wildman–Crippen MR) is 132 cm³/mol. The number of nitrogens with zero attached hydrogens (tertiary/aromatic N) is 2. The molecule has 7 nitrogen and oxygen atoms in total. The molecule has 0 unspecified atom stereocenters. The molecule has 200 valence electrons. The molecule has 0 saturated heterocycles. The number of nitrogens with one attached hydrogen (secondary N) is 2. The van der Waals surface area contributed by atoms with E-state index < -0.39 is 36.0 Å². The van der Waals surface area contributed by atoms with Gasteiger partial charge in [-0.05, 0) is 61.2 Å². The van der Waals surface area contributed by atoms with E-state index in [9.17, 15) is 31.9 Å². The maximum absolute atomic E-state index is 14.7. The second kappa shape index (κ2) is 10.9. The number of alkyl halides is 5. The lowest BCUT2D eigenvalue weighted by Gasteiger charge is -2.19. The van der Waals surface area contributed by atoms with E-state index in [1.165, 1.54) is 30.5 Å². The number of aromatic amines is 1. The molecule has 1 aromatic heterocycles. The Morgan fingerprint density at radius 3 is 2.38 bits per heavy atom. The van der Waals surface area contributed by atoms with Gasteiger partial charge in [-0.2, -0.15) is 22.0 Å². The highest BCUT2D eigenvalue weighted by atomic mass is 19.4. The minimum Gasteiger partial charge on any atom is -0.390 e. The number of imidazole rings is 1. The molecule has 0 aliphatic carbocycles. The van der Waals surface area contributed by atoms with Crippen LogP contribution in [-0.2, 0) is 19.6 Å². The standard InChI is InChI=1S/C25H28F5N5O2/c1-14(17-6-9-20-21(11-17)35(3)23(37)34-20)22(24(26,27)13-36)33-15(2)32-12-19(31)10-16-4-7-18(8-5-16)25(28,29)30/h4-9,11,19,36H,10,12-13,31H2,1-3H3,(H,32,33)(H,34,37)/b22-14+/t19-/m0/s1. The Labute approximate surface area is 209 Å². The van der Waals surface area contributed by atoms with Gasteiger partial charge in [0.25, 0.3) is 0 Å². The van der Waals surface area contributed by atoms with Gasteiger partial charge >= 0.3 is 17.8 Å². The number of H-pyrrole nitrogens is 1. The van der Waals surface area contributed by atoms with Crippen LogP contribution in [0.2, 0.25) is 0 Å². The van der Waals surface area contributed by atoms with Gasteiger partial charge in [-0.3, -0.25) is 4.57 Å². The quantitative estimate of drug-likeness (QED) is 0.204. The number of allylic oxidation sites excluding steroid dienone is 1. The molecule has 3 aromatic rings. The highest BCUT2D eigenvalue weighted by Gasteiger charge is 2.36. The Bertz CT molecular complexity index is 1370. The Kier molecular flexibility index (Phi) is 8.23. The fraction of sp³-hybridized carbons (Fsp3) is 0.360. The average Bonchev–Trinajstić information content (AvgIpc) is 3.13. The fourth-order valence-corrected chi connectivity index (χ4v) is 3.80. The Hall–Kier alpha value is -3.51. The first kappa shape index (κ1) is 28.1. The van der Waals surface area contributed by atoms with Gasteiger partial charge in [0.05, 0.1) is 22.4 Å². The van der Waals surface area contributed by atoms with Crippen LogP contribution in [-0.4, -0.2) is 45.6 Å². The van der Waals surface area contributed by atoms with Gasteiger partial charge in [0.15, 0.2) is 0 Å². The number of halogens is 5. The van der Waals surface area contributed by atoms with E-state index >= 15 is 0 Å². The first-order valence-electron chi connectivity index (χ1n) is 11.3. The van der Waals surface area contributed by atoms with Gasteiger partial charge in [0.2, 0.25) is 0 Å². The summed E-state index contributed by atoms with van der Waals surface area (Å²) in [5, 5.41) is 12.2. The topological polar surface area (TPSA) is 108 Å². The van der Waals surface area contributed by atoms with Gasteiger partial charge in [0, 0.05) is 19.6 Å². The van der Waals surface area contributed by atoms with Crippen molar-refractivity contribution in [2.45, 2.75) is 38.4 Å². The zero-order valence-corrected chi connectivity index (χ0v) is 20.5. The summed E-state index contributed by atoms with van der Waals surface area (Å²) in [6.45, 7) is 1.56. The number of amidine groups is 1. The zero-order valence-electron chi connectivity index (χ0n) is 20.5. The van der Waals surface area contributed by atoms with Crippen LogP contribution in [0.4, 0.5) is 22.0 Å². The van der Waals surface area contributed by atoms with Crippen LogP contribution in [0.5, 0.6) is 0 Å². The monoisotopic (exact) mass is 525 g/mol. The molecule has 1 atom stereocenters. The summed E-state index contributed by atoms with van der Waals surface area (Å²) < 4.78 is 68.9. The third kappa shape index (κ3) is 6.63. The van der Waals surface area contributed by atoms with E-state index in [2.05, 4.69) is 15.3 Å². The number of aliphatic hydroxyl groups is 1. The van der Waals surface area contributed by atoms with Crippen LogP contribution in [0, 0.1) is 0 Å². The molecular formula is C25H28F5N5O2. The van der Waals surface area contributed by atoms with E-state index in [-0.39, 0.29) is 30.1 Å². The molecular weight excluding hydrogens is 497 g/mol. The molecule has 0 aliphatic heterocycles. The van der Waals surface area contributed by atoms with Crippen LogP contribution in [0.25, 0.3) is 16.6 Å². The van der Waals surface area contributed by atoms with Crippen LogP contribution >= 0.6 is 0 Å². The van der Waals surface area contributed by atoms with Crippen LogP contribution in [0.1, 0.15) is 30.5 Å². The Morgan fingerprint density at radius 1 is 1.14 bits per heavy atom. The molecule has 0 aliphatic rings. The van der Waals surface area contributed by atoms with Crippen molar-refractivity contribution in [2.75, 3.05) is 13.2 Å². The molecule has 0 radical (unpaired) electrons. The van der Waals surface area contributed by atoms with Crippen LogP contribution in [0.15, 0.2) is 57.9 Å². The smallest absolute Gasteiger partial charge is 0.390 e. The number of hydrogen-bond donors (Lipinski definition) is 4. The third-order valence-electron chi connectivity index (χ3n) is 5.92. The summed E-state index contributed by atoms with van der Waals surface area (Å²) in [4.78, 5) is 18.6. The number of hydrogen-bond acceptors (Lipinski definition) is 4. The van der Waals surface area contributed by atoms with Crippen molar-refractivity contribution < 1.29 is 27.1 Å². The molecule has 12 heteroatoms. The normalized spacial score (nSPS) is 14.6. The Morgan fingerprint density at radius 2 is 1.78 bits per heavy atom. The van der Waals surface area contributed by atoms with E-state index in [0.29, 0.717) is 22.2 Å². The number of aliphatic imine (C=N–C) groups is 1. The highest BCUT2D eigenvalue weighted by Crippen LogP contribution is 2.33. The van der Waals surface area contributed by atoms with Crippen LogP contribution < -0.4 is 16.7 Å². The Balaban J connectivity index is 1.79. The average molecular weight is 526 g/mol. The summed E-state index contributed by atoms with van der Waals surface area (Å²) in [6.07, 6.45) is -4.18. The van der Waals surface area contributed by atoms with Gasteiger partial charge in [-0.15, -0.1) is 0 Å². The van der Waals surface area contributed by atoms with Crippen molar-refractivity contribution in [2.24, 2.45) is 17.8 Å². The molecule has 0 bridgehead atoms. The van der Waals surface area contributed by atoms with E-state index in [1.807, 2.05) is 0 Å². The van der Waals surface area contributed by atoms with Crippen molar-refractivity contribution in [3.63, 3.8) is 0 Å². The number of rotatable bonds is 8. The molecule has 0 spiro atoms. The second-order valence-electron chi connectivity index (χ2n) is 8.79. The number of nitrogens with two attached hydrogens (primary N) is 1. The largest absolute Gasteiger partial charge is 0.416 e. The summed E-state index contributed by atoms with van der Waals surface area (Å²) in [5.41, 5.74) is 6.45. The fourth-order valence-electron chi connectivity index (χ4n) is 3.80. The molecule has 0 amide bonds. The van der Waals surface area contributed by atoms with E-state index in [0.717, 1.165) is 12.1 Å². The molecule has 1 heterocycles. The molecule has 37 heavy (non-hydrogen) atoms. The number of aromatic nitrogens is 2. The van der Waals surface area contributed by atoms with Crippen molar-refractivity contribution >= 4 is 22.4 Å². The molecule has 2 aromatic carbocycles. The SMILES string of the molecule is C/C(=N\C(=C(/C)c1ccc2[nH]c(=O)n(C)c2c1)C(F)(F)CO)NC[C@@H](N)Cc1ccc(C(F)(F)F)cc1. The van der Waals surface area contributed by atoms with Crippen molar-refractivity contribution in [3.8, 4) is 0 Å². The second-order valence-corrected chi connectivity index (χ2v) is 8.79. The van der Waals surface area contributed by atoms with Crippen molar-refractivity contribution in [3.05, 3.63) is 75.3 Å². The molecule has 0 saturated carbocycles. The van der Waals surface area contributed by atoms with Crippen molar-refractivity contribution in [1.82, 2.24) is 14.9 Å². The number of benzene rings is 2. The van der Waals surface area contributed by atoms with Gasteiger partial charge < -0.3 is 21.1 Å². The van der Waals surface area contributed by atoms with E-state index in [4.69, 9.17) is 5.73 Å². The lowest BCUT2D eigenvalue weighted by molar-refractivity contribution is -0.137. The first-order chi connectivity index (χ1) is 17.2. The first-order valence-corrected chi connectivity index (χ1v) is 11.3. The lowest BCUT2D eigenvalue weighted by Crippen LogP contribution is -2.38. The molecule has 0 fully saturated rings. The highest BCUT2D eigenvalue weighted by molar-refractivity contribution is 5.85. The number of aliphatic hydroxyl groups excluding tert-OH is 1. The molecule has 3 rings (SSSR count). The summed E-state index contributed by atoms with van der Waals surface area (Å²) in [7, 11) is 1.55. The minimum atomic E-state index is -4.43. The zero-order chi connectivity index (χ0) is 27.5. The van der Waals surface area contributed by atoms with Gasteiger partial charge in [0.1, 0.15) is 12.3 Å². The lowest BCUT2D eigenvalue weighted by atomic mass is 10.0. The van der Waals surface area contributed by atoms with Crippen LogP contribution in [0.3, 0.4) is 0 Å². The number of fused-ring (bicyclic) bond motifs is 1. The summed E-state index contributed by atoms with van der Waals surface area (Å²) >= 11 is 0. The summed E-state index contributed by atoms with van der Waals surface area (Å²) in [6, 6.07) is 8.83. The number of aryl methyl sites for hydroxylation is 1. The molecule has 5 N–H and O–H groups in total. The maximum Gasteiger partial charge on any atom is 0.416 e. The van der Waals surface area contributed by atoms with Gasteiger partial charge in [-0.25, -0.2) is 9.79 Å². The predicted octanol–water partition coefficient (Wildman–Crippen LogP) is 3.82. The van der Waals surface area contributed by atoms with E-state index in [1.54, 1.807) is 25.2 Å². The van der Waals surface area contributed by atoms with Gasteiger partial charge in [-0.1, -0.05) is 18.2 Å². The summed E-state index contributed by atoms with van der Waals surface area (Å²) in [5.74, 6) is -3.55. The maximum atomic E-state index is 14.7. The third-order valence-corrected chi connectivity index (χ3v) is 5.92. The minimum absolute atomic E-state index is 0.102.